The van der Waals surface area contributed by atoms with Gasteiger partial charge in [0.05, 0.1) is 23.2 Å². The minimum atomic E-state index is -0.334. The highest BCUT2D eigenvalue weighted by molar-refractivity contribution is 5.77. The SMILES string of the molecule is C[C@H](Nc1ncnc(N)c1N)c1nc2ccc(F)cc2n1C1CC(O)C1. The normalized spacial score (nSPS) is 20.7. The quantitative estimate of drug-likeness (QED) is 0.562. The van der Waals surface area contributed by atoms with E-state index in [2.05, 4.69) is 20.3 Å². The zero-order valence-corrected chi connectivity index (χ0v) is 14.2. The fourth-order valence-electron chi connectivity index (χ4n) is 3.34. The number of rotatable bonds is 4. The Morgan fingerprint density at radius 2 is 2.08 bits per heavy atom. The zero-order chi connectivity index (χ0) is 18.4. The molecule has 136 valence electrons. The molecule has 8 nitrogen and oxygen atoms in total. The molecule has 26 heavy (non-hydrogen) atoms. The van der Waals surface area contributed by atoms with Crippen molar-refractivity contribution in [2.24, 2.45) is 0 Å². The van der Waals surface area contributed by atoms with E-state index in [0.717, 1.165) is 5.82 Å². The van der Waals surface area contributed by atoms with Gasteiger partial charge in [-0.05, 0) is 38.0 Å². The molecule has 0 bridgehead atoms. The first kappa shape index (κ1) is 16.5. The lowest BCUT2D eigenvalue weighted by Gasteiger charge is -2.35. The fraction of sp³-hybridized carbons (Fsp3) is 0.353. The first-order chi connectivity index (χ1) is 12.4. The van der Waals surface area contributed by atoms with E-state index in [0.29, 0.717) is 29.7 Å². The maximum Gasteiger partial charge on any atom is 0.155 e. The summed E-state index contributed by atoms with van der Waals surface area (Å²) in [5.41, 5.74) is 13.3. The Kier molecular flexibility index (Phi) is 3.87. The van der Waals surface area contributed by atoms with Crippen LogP contribution in [0, 0.1) is 5.82 Å². The molecular weight excluding hydrogens is 337 g/mol. The number of nitrogens with two attached hydrogens (primary N) is 2. The molecule has 1 atom stereocenters. The Hall–Kier alpha value is -2.94. The Morgan fingerprint density at radius 3 is 2.81 bits per heavy atom. The average molecular weight is 357 g/mol. The summed E-state index contributed by atoms with van der Waals surface area (Å²) >= 11 is 0. The van der Waals surface area contributed by atoms with Crippen LogP contribution < -0.4 is 16.8 Å². The number of anilines is 3. The van der Waals surface area contributed by atoms with Crippen LogP contribution in [0.25, 0.3) is 11.0 Å². The van der Waals surface area contributed by atoms with Gasteiger partial charge in [0.2, 0.25) is 0 Å². The fourth-order valence-corrected chi connectivity index (χ4v) is 3.34. The second kappa shape index (κ2) is 6.10. The number of nitrogens with zero attached hydrogens (tertiary/aromatic N) is 4. The molecule has 0 saturated heterocycles. The number of aliphatic hydroxyl groups is 1. The molecule has 4 rings (SSSR count). The van der Waals surface area contributed by atoms with Gasteiger partial charge in [-0.15, -0.1) is 0 Å². The van der Waals surface area contributed by atoms with Gasteiger partial charge >= 0.3 is 0 Å². The topological polar surface area (TPSA) is 128 Å². The average Bonchev–Trinajstić information content (AvgIpc) is 2.94. The number of hydrogen-bond donors (Lipinski definition) is 4. The van der Waals surface area contributed by atoms with Gasteiger partial charge in [-0.2, -0.15) is 0 Å². The molecule has 1 fully saturated rings. The largest absolute Gasteiger partial charge is 0.393 e. The molecule has 6 N–H and O–H groups in total. The Morgan fingerprint density at radius 1 is 1.31 bits per heavy atom. The predicted octanol–water partition coefficient (Wildman–Crippen LogP) is 2.00. The van der Waals surface area contributed by atoms with Crippen molar-refractivity contribution in [3.05, 3.63) is 36.2 Å². The summed E-state index contributed by atoms with van der Waals surface area (Å²) < 4.78 is 15.8. The van der Waals surface area contributed by atoms with Gasteiger partial charge in [-0.1, -0.05) is 0 Å². The van der Waals surface area contributed by atoms with E-state index < -0.39 is 0 Å². The van der Waals surface area contributed by atoms with Crippen LogP contribution in [0.2, 0.25) is 0 Å². The summed E-state index contributed by atoms with van der Waals surface area (Å²) in [5, 5.41) is 12.9. The van der Waals surface area contributed by atoms with E-state index in [1.54, 1.807) is 6.07 Å². The van der Waals surface area contributed by atoms with Crippen molar-refractivity contribution < 1.29 is 9.50 Å². The smallest absolute Gasteiger partial charge is 0.155 e. The third kappa shape index (κ3) is 2.70. The highest BCUT2D eigenvalue weighted by Gasteiger charge is 2.33. The van der Waals surface area contributed by atoms with Crippen molar-refractivity contribution in [1.82, 2.24) is 19.5 Å². The molecular formula is C17H20FN7O. The summed E-state index contributed by atoms with van der Waals surface area (Å²) in [6.45, 7) is 1.92. The number of nitrogen functional groups attached to an aromatic ring is 2. The molecule has 3 aromatic rings. The van der Waals surface area contributed by atoms with Crippen LogP contribution in [-0.4, -0.2) is 30.7 Å². The van der Waals surface area contributed by atoms with Crippen LogP contribution in [0.1, 0.15) is 37.7 Å². The molecule has 2 aromatic heterocycles. The minimum absolute atomic E-state index is 0.0730. The summed E-state index contributed by atoms with van der Waals surface area (Å²) in [5.74, 6) is 1.02. The van der Waals surface area contributed by atoms with Crippen molar-refractivity contribution in [3.8, 4) is 0 Å². The number of nitrogens with one attached hydrogen (secondary N) is 1. The number of aliphatic hydroxyl groups excluding tert-OH is 1. The van der Waals surface area contributed by atoms with Crippen LogP contribution in [0.4, 0.5) is 21.7 Å². The third-order valence-corrected chi connectivity index (χ3v) is 4.79. The van der Waals surface area contributed by atoms with E-state index in [4.69, 9.17) is 11.5 Å². The standard InChI is InChI=1S/C17H20FN7O/c1-8(23-16-14(19)15(20)21-7-22-16)17-24-12-3-2-9(18)4-13(12)25(17)10-5-11(26)6-10/h2-4,7-8,10-11,26H,5-6,19H2,1H3,(H3,20,21,22,23)/t8-,10?,11?/m0/s1. The minimum Gasteiger partial charge on any atom is -0.393 e. The summed E-state index contributed by atoms with van der Waals surface area (Å²) in [6.07, 6.45) is 2.23. The van der Waals surface area contributed by atoms with Crippen molar-refractivity contribution in [1.29, 1.82) is 0 Å². The highest BCUT2D eigenvalue weighted by atomic mass is 19.1. The lowest BCUT2D eigenvalue weighted by molar-refractivity contribution is 0.0488. The number of hydrogen-bond acceptors (Lipinski definition) is 7. The number of imidazole rings is 1. The monoisotopic (exact) mass is 357 g/mol. The molecule has 0 amide bonds. The van der Waals surface area contributed by atoms with E-state index in [1.807, 2.05) is 11.5 Å². The maximum atomic E-state index is 13.8. The highest BCUT2D eigenvalue weighted by Crippen LogP contribution is 2.38. The maximum absolute atomic E-state index is 13.8. The number of fused-ring (bicyclic) bond motifs is 1. The molecule has 1 saturated carbocycles. The van der Waals surface area contributed by atoms with E-state index >= 15 is 0 Å². The lowest BCUT2D eigenvalue weighted by atomic mass is 9.89. The first-order valence-electron chi connectivity index (χ1n) is 8.42. The summed E-state index contributed by atoms with van der Waals surface area (Å²) in [4.78, 5) is 12.6. The van der Waals surface area contributed by atoms with Crippen LogP contribution >= 0.6 is 0 Å². The molecule has 1 aliphatic rings. The van der Waals surface area contributed by atoms with Gasteiger partial charge in [0, 0.05) is 6.04 Å². The summed E-state index contributed by atoms with van der Waals surface area (Å²) in [6, 6.07) is 4.33. The zero-order valence-electron chi connectivity index (χ0n) is 14.2. The second-order valence-corrected chi connectivity index (χ2v) is 6.64. The predicted molar refractivity (Wildman–Crippen MR) is 96.9 cm³/mol. The summed E-state index contributed by atoms with van der Waals surface area (Å²) in [7, 11) is 0. The van der Waals surface area contributed by atoms with Gasteiger partial charge in [0.25, 0.3) is 0 Å². The van der Waals surface area contributed by atoms with Gasteiger partial charge < -0.3 is 26.5 Å². The van der Waals surface area contributed by atoms with Gasteiger partial charge in [-0.3, -0.25) is 0 Å². The van der Waals surface area contributed by atoms with Crippen LogP contribution in [0.15, 0.2) is 24.5 Å². The molecule has 0 radical (unpaired) electrons. The van der Waals surface area contributed by atoms with E-state index in [1.165, 1.54) is 18.5 Å². The third-order valence-electron chi connectivity index (χ3n) is 4.79. The van der Waals surface area contributed by atoms with Crippen molar-refractivity contribution >= 4 is 28.4 Å². The van der Waals surface area contributed by atoms with Crippen LogP contribution in [0.5, 0.6) is 0 Å². The Balaban J connectivity index is 1.75. The lowest BCUT2D eigenvalue weighted by Crippen LogP contribution is -2.32. The van der Waals surface area contributed by atoms with Crippen molar-refractivity contribution in [2.75, 3.05) is 16.8 Å². The van der Waals surface area contributed by atoms with E-state index in [9.17, 15) is 9.50 Å². The van der Waals surface area contributed by atoms with Gasteiger partial charge in [-0.25, -0.2) is 19.3 Å². The second-order valence-electron chi connectivity index (χ2n) is 6.64. The molecule has 0 aliphatic heterocycles. The van der Waals surface area contributed by atoms with Crippen molar-refractivity contribution in [3.63, 3.8) is 0 Å². The molecule has 2 heterocycles. The molecule has 1 aromatic carbocycles. The number of halogens is 1. The van der Waals surface area contributed by atoms with Crippen LogP contribution in [-0.2, 0) is 0 Å². The molecule has 9 heteroatoms. The number of benzene rings is 1. The molecule has 0 spiro atoms. The Labute approximate surface area is 149 Å². The number of aromatic nitrogens is 4. The Bertz CT molecular complexity index is 967. The van der Waals surface area contributed by atoms with E-state index in [-0.39, 0.29) is 35.5 Å². The van der Waals surface area contributed by atoms with Crippen molar-refractivity contribution in [2.45, 2.75) is 38.0 Å². The molecule has 0 unspecified atom stereocenters. The van der Waals surface area contributed by atoms with Gasteiger partial charge in [0.1, 0.15) is 23.7 Å². The van der Waals surface area contributed by atoms with Gasteiger partial charge in [0.15, 0.2) is 11.6 Å². The first-order valence-corrected chi connectivity index (χ1v) is 8.42. The van der Waals surface area contributed by atoms with Crippen LogP contribution in [0.3, 0.4) is 0 Å². The molecule has 1 aliphatic carbocycles.